The van der Waals surface area contributed by atoms with Crippen LogP contribution in [0.1, 0.15) is 32.0 Å². The lowest BCUT2D eigenvalue weighted by Crippen LogP contribution is -2.26. The summed E-state index contributed by atoms with van der Waals surface area (Å²) in [4.78, 5) is 28.0. The van der Waals surface area contributed by atoms with Crippen LogP contribution in [-0.4, -0.2) is 23.3 Å². The van der Waals surface area contributed by atoms with Gasteiger partial charge in [0.15, 0.2) is 5.76 Å². The number of carbonyl (C=O) groups excluding carboxylic acids is 2. The number of aromatic amines is 1. The Morgan fingerprint density at radius 1 is 1.03 bits per heavy atom. The first-order valence-electron chi connectivity index (χ1n) is 9.40. The molecule has 0 atom stereocenters. The molecule has 0 fully saturated rings. The average Bonchev–Trinajstić information content (AvgIpc) is 3.40. The Balaban J connectivity index is 1.40. The van der Waals surface area contributed by atoms with Crippen LogP contribution in [0, 0.1) is 6.92 Å². The molecule has 29 heavy (non-hydrogen) atoms. The Morgan fingerprint density at radius 2 is 1.90 bits per heavy atom. The van der Waals surface area contributed by atoms with E-state index in [1.807, 2.05) is 37.4 Å². The maximum Gasteiger partial charge on any atom is 0.291 e. The number of H-pyrrole nitrogens is 1. The highest BCUT2D eigenvalue weighted by molar-refractivity contribution is 6.04. The molecule has 2 aromatic heterocycles. The highest BCUT2D eigenvalue weighted by atomic mass is 16.3. The minimum absolute atomic E-state index is 0.182. The zero-order valence-corrected chi connectivity index (χ0v) is 16.0. The molecule has 4 aromatic rings. The number of anilines is 1. The third-order valence-corrected chi connectivity index (χ3v) is 4.85. The van der Waals surface area contributed by atoms with Gasteiger partial charge in [-0.15, -0.1) is 0 Å². The highest BCUT2D eigenvalue weighted by Crippen LogP contribution is 2.19. The first-order valence-corrected chi connectivity index (χ1v) is 9.40. The number of hydrogen-bond donors (Lipinski definition) is 3. The van der Waals surface area contributed by atoms with Crippen LogP contribution in [0.25, 0.3) is 10.9 Å². The number of nitrogens with one attached hydrogen (secondary N) is 3. The van der Waals surface area contributed by atoms with E-state index < -0.39 is 0 Å². The van der Waals surface area contributed by atoms with Gasteiger partial charge < -0.3 is 20.0 Å². The smallest absolute Gasteiger partial charge is 0.291 e. The summed E-state index contributed by atoms with van der Waals surface area (Å²) >= 11 is 0. The second-order valence-corrected chi connectivity index (χ2v) is 6.83. The first-order chi connectivity index (χ1) is 14.1. The fraction of sp³-hybridized carbons (Fsp3) is 0.130. The molecule has 2 amide bonds. The zero-order valence-electron chi connectivity index (χ0n) is 16.0. The van der Waals surface area contributed by atoms with E-state index in [1.165, 1.54) is 11.6 Å². The predicted octanol–water partition coefficient (Wildman–Crippen LogP) is 4.29. The van der Waals surface area contributed by atoms with Crippen molar-refractivity contribution in [1.29, 1.82) is 0 Å². The van der Waals surface area contributed by atoms with Crippen LogP contribution in [0.3, 0.4) is 0 Å². The van der Waals surface area contributed by atoms with Crippen molar-refractivity contribution >= 4 is 28.4 Å². The van der Waals surface area contributed by atoms with Crippen molar-refractivity contribution < 1.29 is 14.0 Å². The van der Waals surface area contributed by atoms with Gasteiger partial charge in [-0.1, -0.05) is 24.3 Å². The number of amides is 2. The third kappa shape index (κ3) is 4.06. The maximum absolute atomic E-state index is 12.6. The van der Waals surface area contributed by atoms with E-state index in [4.69, 9.17) is 4.42 Å². The minimum atomic E-state index is -0.352. The van der Waals surface area contributed by atoms with Crippen LogP contribution in [0.2, 0.25) is 0 Å². The van der Waals surface area contributed by atoms with Gasteiger partial charge in [-0.2, -0.15) is 0 Å². The number of para-hydroxylation sites is 1. The van der Waals surface area contributed by atoms with Crippen molar-refractivity contribution in [3.63, 3.8) is 0 Å². The van der Waals surface area contributed by atoms with E-state index in [0.29, 0.717) is 17.8 Å². The quantitative estimate of drug-likeness (QED) is 0.461. The first kappa shape index (κ1) is 18.6. The van der Waals surface area contributed by atoms with Crippen LogP contribution >= 0.6 is 0 Å². The molecule has 0 saturated heterocycles. The normalized spacial score (nSPS) is 10.8. The fourth-order valence-electron chi connectivity index (χ4n) is 3.24. The summed E-state index contributed by atoms with van der Waals surface area (Å²) in [6.07, 6.45) is 4.15. The molecule has 0 aliphatic heterocycles. The molecule has 0 bridgehead atoms. The topological polar surface area (TPSA) is 87.1 Å². The van der Waals surface area contributed by atoms with Crippen LogP contribution in [-0.2, 0) is 6.42 Å². The van der Waals surface area contributed by atoms with E-state index in [1.54, 1.807) is 24.3 Å². The van der Waals surface area contributed by atoms with Gasteiger partial charge in [-0.25, -0.2) is 0 Å². The Labute approximate surface area is 167 Å². The van der Waals surface area contributed by atoms with Crippen molar-refractivity contribution in [3.05, 3.63) is 89.5 Å². The summed E-state index contributed by atoms with van der Waals surface area (Å²) in [6.45, 7) is 2.39. The molecule has 2 aromatic carbocycles. The van der Waals surface area contributed by atoms with Crippen molar-refractivity contribution in [3.8, 4) is 0 Å². The van der Waals surface area contributed by atoms with Gasteiger partial charge in [-0.05, 0) is 54.8 Å². The number of rotatable bonds is 6. The SMILES string of the molecule is Cc1ccc(C(=O)NCCc2c[nH]c3ccccc23)cc1NC(=O)c1ccco1. The van der Waals surface area contributed by atoms with Gasteiger partial charge in [0, 0.05) is 34.9 Å². The van der Waals surface area contributed by atoms with Crippen molar-refractivity contribution in [1.82, 2.24) is 10.3 Å². The number of furan rings is 1. The van der Waals surface area contributed by atoms with Gasteiger partial charge in [-0.3, -0.25) is 9.59 Å². The Morgan fingerprint density at radius 3 is 2.72 bits per heavy atom. The molecule has 146 valence electrons. The Bertz CT molecular complexity index is 1160. The second kappa shape index (κ2) is 8.06. The number of carbonyl (C=O) groups is 2. The molecule has 0 aliphatic rings. The molecule has 0 aliphatic carbocycles. The summed E-state index contributed by atoms with van der Waals surface area (Å²) in [5, 5.41) is 6.90. The van der Waals surface area contributed by atoms with Crippen LogP contribution in [0.15, 0.2) is 71.5 Å². The monoisotopic (exact) mass is 387 g/mol. The third-order valence-electron chi connectivity index (χ3n) is 4.85. The summed E-state index contributed by atoms with van der Waals surface area (Å²) < 4.78 is 5.11. The molecule has 2 heterocycles. The highest BCUT2D eigenvalue weighted by Gasteiger charge is 2.13. The summed E-state index contributed by atoms with van der Waals surface area (Å²) in [5.41, 5.74) is 4.18. The van der Waals surface area contributed by atoms with E-state index in [9.17, 15) is 9.59 Å². The minimum Gasteiger partial charge on any atom is -0.459 e. The number of aromatic nitrogens is 1. The van der Waals surface area contributed by atoms with Gasteiger partial charge in [0.25, 0.3) is 11.8 Å². The number of fused-ring (bicyclic) bond motifs is 1. The zero-order chi connectivity index (χ0) is 20.2. The molecule has 6 nitrogen and oxygen atoms in total. The van der Waals surface area contributed by atoms with E-state index in [2.05, 4.69) is 21.7 Å². The van der Waals surface area contributed by atoms with Crippen LogP contribution < -0.4 is 10.6 Å². The summed E-state index contributed by atoms with van der Waals surface area (Å²) in [7, 11) is 0. The van der Waals surface area contributed by atoms with Crippen LogP contribution in [0.5, 0.6) is 0 Å². The summed E-state index contributed by atoms with van der Waals surface area (Å²) in [5.74, 6) is -0.314. The van der Waals surface area contributed by atoms with Gasteiger partial charge in [0.2, 0.25) is 0 Å². The molecule has 3 N–H and O–H groups in total. The van der Waals surface area contributed by atoms with E-state index in [0.717, 1.165) is 23.1 Å². The average molecular weight is 387 g/mol. The van der Waals surface area contributed by atoms with Gasteiger partial charge in [0.05, 0.1) is 6.26 Å². The Kier molecular flexibility index (Phi) is 5.16. The molecular weight excluding hydrogens is 366 g/mol. The lowest BCUT2D eigenvalue weighted by Gasteiger charge is -2.10. The summed E-state index contributed by atoms with van der Waals surface area (Å²) in [6, 6.07) is 16.6. The molecule has 0 radical (unpaired) electrons. The van der Waals surface area contributed by atoms with E-state index >= 15 is 0 Å². The predicted molar refractivity (Wildman–Crippen MR) is 112 cm³/mol. The van der Waals surface area contributed by atoms with E-state index in [-0.39, 0.29) is 17.6 Å². The molecular formula is C23H21N3O3. The molecule has 4 rings (SSSR count). The maximum atomic E-state index is 12.6. The van der Waals surface area contributed by atoms with Gasteiger partial charge >= 0.3 is 0 Å². The lowest BCUT2D eigenvalue weighted by molar-refractivity contribution is 0.0952. The largest absolute Gasteiger partial charge is 0.459 e. The molecule has 0 spiro atoms. The number of hydrogen-bond acceptors (Lipinski definition) is 3. The fourth-order valence-corrected chi connectivity index (χ4v) is 3.24. The molecule has 6 heteroatoms. The lowest BCUT2D eigenvalue weighted by atomic mass is 10.1. The van der Waals surface area contributed by atoms with Gasteiger partial charge in [0.1, 0.15) is 0 Å². The van der Waals surface area contributed by atoms with Crippen LogP contribution in [0.4, 0.5) is 5.69 Å². The Hall–Kier alpha value is -3.80. The van der Waals surface area contributed by atoms with Crippen molar-refractivity contribution in [2.24, 2.45) is 0 Å². The number of benzene rings is 2. The standard InChI is InChI=1S/C23H21N3O3/c1-15-8-9-16(13-20(15)26-23(28)21-7-4-12-29-21)22(27)24-11-10-17-14-25-19-6-3-2-5-18(17)19/h2-9,12-14,25H,10-11H2,1H3,(H,24,27)(H,26,28). The number of aryl methyl sites for hydroxylation is 1. The van der Waals surface area contributed by atoms with Crippen molar-refractivity contribution in [2.75, 3.05) is 11.9 Å². The second-order valence-electron chi connectivity index (χ2n) is 6.83. The molecule has 0 unspecified atom stereocenters. The van der Waals surface area contributed by atoms with Crippen molar-refractivity contribution in [2.45, 2.75) is 13.3 Å². The molecule has 0 saturated carbocycles.